The topological polar surface area (TPSA) is 46.5 Å². The van der Waals surface area contributed by atoms with E-state index < -0.39 is 0 Å². The second-order valence-electron chi connectivity index (χ2n) is 9.58. The largest absolute Gasteiger partial charge is 0.462 e. The fourth-order valence-corrected chi connectivity index (χ4v) is 4.20. The number of aliphatic hydroxyl groups is 1. The second kappa shape index (κ2) is 27.2. The Hall–Kier alpha value is -1.09. The van der Waals surface area contributed by atoms with Gasteiger partial charge >= 0.3 is 5.97 Å². The Bertz CT molecular complexity index is 455. The van der Waals surface area contributed by atoms with Crippen molar-refractivity contribution in [2.24, 2.45) is 0 Å². The van der Waals surface area contributed by atoms with Crippen LogP contribution in [0.25, 0.3) is 0 Å². The molecule has 3 heteroatoms. The number of hydrogen-bond acceptors (Lipinski definition) is 3. The number of esters is 1. The van der Waals surface area contributed by atoms with Gasteiger partial charge in [-0.05, 0) is 64.2 Å². The van der Waals surface area contributed by atoms with Crippen LogP contribution in [-0.4, -0.2) is 23.8 Å². The van der Waals surface area contributed by atoms with Crippen LogP contribution in [-0.2, 0) is 9.53 Å². The molecule has 0 aromatic rings. The molecule has 0 saturated carbocycles. The predicted molar refractivity (Wildman–Crippen MR) is 144 cm³/mol. The summed E-state index contributed by atoms with van der Waals surface area (Å²) < 4.78 is 5.23. The van der Waals surface area contributed by atoms with Gasteiger partial charge in [0, 0.05) is 20.0 Å². The van der Waals surface area contributed by atoms with Crippen molar-refractivity contribution in [3.05, 3.63) is 24.3 Å². The molecule has 1 N–H and O–H groups in total. The first-order valence-corrected chi connectivity index (χ1v) is 14.3. The maximum atomic E-state index is 11.0. The third-order valence-corrected chi connectivity index (χ3v) is 6.23. The summed E-state index contributed by atoms with van der Waals surface area (Å²) in [6, 6.07) is 0. The van der Waals surface area contributed by atoms with E-state index in [9.17, 15) is 4.79 Å². The average Bonchev–Trinajstić information content (AvgIpc) is 2.79. The van der Waals surface area contributed by atoms with Crippen LogP contribution < -0.4 is 0 Å². The van der Waals surface area contributed by atoms with Crippen LogP contribution in [0.15, 0.2) is 24.3 Å². The molecule has 33 heavy (non-hydrogen) atoms. The van der Waals surface area contributed by atoms with E-state index in [1.807, 2.05) is 0 Å². The molecule has 194 valence electrons. The number of aliphatic hydroxyl groups excluding tert-OH is 1. The van der Waals surface area contributed by atoms with Crippen molar-refractivity contribution in [2.75, 3.05) is 6.61 Å². The second-order valence-corrected chi connectivity index (χ2v) is 9.58. The Balaban J connectivity index is 3.31. The number of hydrogen-bond donors (Lipinski definition) is 1. The van der Waals surface area contributed by atoms with Gasteiger partial charge in [-0.1, -0.05) is 95.4 Å². The Morgan fingerprint density at radius 1 is 0.636 bits per heavy atom. The van der Waals surface area contributed by atoms with Crippen LogP contribution in [0.1, 0.15) is 149 Å². The van der Waals surface area contributed by atoms with E-state index in [-0.39, 0.29) is 18.7 Å². The minimum atomic E-state index is -0.244. The first-order valence-electron chi connectivity index (χ1n) is 14.3. The Labute approximate surface area is 206 Å². The van der Waals surface area contributed by atoms with Crippen LogP contribution in [0.2, 0.25) is 0 Å². The van der Waals surface area contributed by atoms with Crippen LogP contribution in [0, 0.1) is 0 Å². The summed E-state index contributed by atoms with van der Waals surface area (Å²) in [7, 11) is 0. The van der Waals surface area contributed by atoms with Crippen molar-refractivity contribution < 1.29 is 14.6 Å². The van der Waals surface area contributed by atoms with Crippen molar-refractivity contribution in [1.29, 1.82) is 0 Å². The zero-order valence-corrected chi connectivity index (χ0v) is 22.2. The highest BCUT2D eigenvalue weighted by Crippen LogP contribution is 2.14. The Morgan fingerprint density at radius 2 is 1.03 bits per heavy atom. The molecule has 3 nitrogen and oxygen atoms in total. The van der Waals surface area contributed by atoms with Crippen molar-refractivity contribution in [1.82, 2.24) is 0 Å². The lowest BCUT2D eigenvalue weighted by Gasteiger charge is -2.15. The number of ether oxygens (including phenoxy) is 1. The van der Waals surface area contributed by atoms with Gasteiger partial charge in [0.15, 0.2) is 0 Å². The van der Waals surface area contributed by atoms with Gasteiger partial charge < -0.3 is 9.84 Å². The van der Waals surface area contributed by atoms with Gasteiger partial charge in [0.1, 0.15) is 6.10 Å². The summed E-state index contributed by atoms with van der Waals surface area (Å²) in [4.78, 5) is 11.0. The minimum Gasteiger partial charge on any atom is -0.462 e. The van der Waals surface area contributed by atoms with E-state index in [1.165, 1.54) is 122 Å². The fourth-order valence-electron chi connectivity index (χ4n) is 4.20. The van der Waals surface area contributed by atoms with Crippen molar-refractivity contribution >= 4 is 5.97 Å². The summed E-state index contributed by atoms with van der Waals surface area (Å²) in [6.45, 7) is 3.80. The van der Waals surface area contributed by atoms with Crippen LogP contribution in [0.4, 0.5) is 0 Å². The summed E-state index contributed by atoms with van der Waals surface area (Å²) >= 11 is 0. The van der Waals surface area contributed by atoms with Crippen molar-refractivity contribution in [3.63, 3.8) is 0 Å². The highest BCUT2D eigenvalue weighted by molar-refractivity contribution is 5.66. The molecule has 0 heterocycles. The summed E-state index contributed by atoms with van der Waals surface area (Å²) in [6.07, 6.45) is 35.6. The molecule has 0 unspecified atom stereocenters. The zero-order valence-electron chi connectivity index (χ0n) is 22.2. The third-order valence-electron chi connectivity index (χ3n) is 6.23. The van der Waals surface area contributed by atoms with E-state index in [2.05, 4.69) is 31.2 Å². The van der Waals surface area contributed by atoms with Gasteiger partial charge in [0.05, 0.1) is 0 Å². The predicted octanol–water partition coefficient (Wildman–Crippen LogP) is 9.23. The van der Waals surface area contributed by atoms with E-state index in [1.54, 1.807) is 0 Å². The third kappa shape index (κ3) is 27.0. The lowest BCUT2D eigenvalue weighted by Crippen LogP contribution is -2.17. The molecule has 1 atom stereocenters. The number of carbonyl (C=O) groups excluding carboxylic acids is 1. The molecule has 0 spiro atoms. The van der Waals surface area contributed by atoms with Gasteiger partial charge in [-0.15, -0.1) is 0 Å². The molecule has 0 aromatic carbocycles. The lowest BCUT2D eigenvalue weighted by atomic mass is 10.0. The standard InChI is InChI=1S/C30H56O3/c1-3-4-5-6-7-8-9-10-11-12-13-14-15-16-17-18-19-20-21-22-23-24-25-26-30(27-28-31)33-29(2)32/h10-11,18-19,30-31H,3-9,12-17,20-28H2,1-2H3/b11-10+,19-18+/t30-/m0/s1. The molecule has 0 aliphatic rings. The molecule has 0 aliphatic carbocycles. The number of carbonyl (C=O) groups is 1. The molecule has 0 aliphatic heterocycles. The molecule has 0 amide bonds. The van der Waals surface area contributed by atoms with Gasteiger partial charge in [-0.3, -0.25) is 4.79 Å². The maximum absolute atomic E-state index is 11.0. The monoisotopic (exact) mass is 464 g/mol. The SMILES string of the molecule is CCCCCCCC/C=C/CCCCCC/C=C/CCCCCCC[C@@H](CCO)OC(C)=O. The van der Waals surface area contributed by atoms with E-state index >= 15 is 0 Å². The molecular weight excluding hydrogens is 408 g/mol. The molecule has 0 rings (SSSR count). The van der Waals surface area contributed by atoms with Crippen molar-refractivity contribution in [2.45, 2.75) is 155 Å². The summed E-state index contributed by atoms with van der Waals surface area (Å²) in [5, 5.41) is 9.03. The first-order chi connectivity index (χ1) is 16.2. The lowest BCUT2D eigenvalue weighted by molar-refractivity contribution is -0.147. The fraction of sp³-hybridized carbons (Fsp3) is 0.833. The van der Waals surface area contributed by atoms with Gasteiger partial charge in [-0.2, -0.15) is 0 Å². The van der Waals surface area contributed by atoms with Crippen LogP contribution >= 0.6 is 0 Å². The molecule has 0 bridgehead atoms. The number of unbranched alkanes of at least 4 members (excludes halogenated alkanes) is 16. The quantitative estimate of drug-likeness (QED) is 0.0831. The minimum absolute atomic E-state index is 0.0843. The van der Waals surface area contributed by atoms with E-state index in [0.717, 1.165) is 12.8 Å². The first kappa shape index (κ1) is 31.9. The van der Waals surface area contributed by atoms with Gasteiger partial charge in [-0.25, -0.2) is 0 Å². The number of allylic oxidation sites excluding steroid dienone is 4. The molecular formula is C30H56O3. The highest BCUT2D eigenvalue weighted by atomic mass is 16.5. The molecule has 0 radical (unpaired) electrons. The molecule has 0 saturated heterocycles. The van der Waals surface area contributed by atoms with Crippen LogP contribution in [0.5, 0.6) is 0 Å². The normalized spacial score (nSPS) is 12.7. The zero-order chi connectivity index (χ0) is 24.2. The van der Waals surface area contributed by atoms with Crippen molar-refractivity contribution in [3.8, 4) is 0 Å². The Kier molecular flexibility index (Phi) is 26.3. The van der Waals surface area contributed by atoms with E-state index in [4.69, 9.17) is 9.84 Å². The van der Waals surface area contributed by atoms with Gasteiger partial charge in [0.2, 0.25) is 0 Å². The van der Waals surface area contributed by atoms with Crippen LogP contribution in [0.3, 0.4) is 0 Å². The smallest absolute Gasteiger partial charge is 0.302 e. The molecule has 0 aromatic heterocycles. The summed E-state index contributed by atoms with van der Waals surface area (Å²) in [5.74, 6) is -0.244. The Morgan fingerprint density at radius 3 is 1.42 bits per heavy atom. The maximum Gasteiger partial charge on any atom is 0.302 e. The number of rotatable bonds is 25. The molecule has 0 fully saturated rings. The van der Waals surface area contributed by atoms with Gasteiger partial charge in [0.25, 0.3) is 0 Å². The summed E-state index contributed by atoms with van der Waals surface area (Å²) in [5.41, 5.74) is 0. The highest BCUT2D eigenvalue weighted by Gasteiger charge is 2.10. The average molecular weight is 465 g/mol. The van der Waals surface area contributed by atoms with E-state index in [0.29, 0.717) is 6.42 Å².